The molecule has 0 saturated heterocycles. The van der Waals surface area contributed by atoms with Crippen molar-refractivity contribution >= 4 is 7.82 Å². The van der Waals surface area contributed by atoms with E-state index in [2.05, 4.69) is 112 Å². The van der Waals surface area contributed by atoms with Gasteiger partial charge in [-0.2, -0.15) is 0 Å². The third-order valence-electron chi connectivity index (χ3n) is 11.7. The van der Waals surface area contributed by atoms with Gasteiger partial charge in [0.2, 0.25) is 0 Å². The summed E-state index contributed by atoms with van der Waals surface area (Å²) in [6, 6.07) is 0. The third-order valence-corrected chi connectivity index (χ3v) is 12.7. The summed E-state index contributed by atoms with van der Waals surface area (Å²) in [4.78, 5) is 10.5. The number of allylic oxidation sites excluding steroid dienone is 16. The Kier molecular flexibility index (Phi) is 32.4. The summed E-state index contributed by atoms with van der Waals surface area (Å²) in [5.74, 6) is 0. The second-order valence-electron chi connectivity index (χ2n) is 19.0. The predicted molar refractivity (Wildman–Crippen MR) is 271 cm³/mol. The van der Waals surface area contributed by atoms with E-state index < -0.39 is 57.2 Å². The van der Waals surface area contributed by atoms with E-state index in [4.69, 9.17) is 18.5 Å². The molecule has 12 heteroatoms. The van der Waals surface area contributed by atoms with Gasteiger partial charge >= 0.3 is 7.82 Å². The second kappa shape index (κ2) is 34.7. The Balaban J connectivity index is 2.75. The van der Waals surface area contributed by atoms with E-state index >= 15 is 0 Å². The van der Waals surface area contributed by atoms with E-state index in [1.807, 2.05) is 19.1 Å². The molecule has 0 heterocycles. The van der Waals surface area contributed by atoms with Crippen molar-refractivity contribution in [2.45, 2.75) is 209 Å². The molecule has 1 rings (SSSR count). The quantitative estimate of drug-likeness (QED) is 0.0210. The van der Waals surface area contributed by atoms with Gasteiger partial charge in [-0.3, -0.25) is 9.05 Å². The highest BCUT2D eigenvalue weighted by Gasteiger charge is 2.51. The molecule has 6 N–H and O–H groups in total. The summed E-state index contributed by atoms with van der Waals surface area (Å²) in [5, 5.41) is 50.6. The average molecular weight is 947 g/mol. The first-order valence-corrected chi connectivity index (χ1v) is 25.7. The molecule has 4 unspecified atom stereocenters. The van der Waals surface area contributed by atoms with Crippen LogP contribution < -0.4 is 0 Å². The number of aliphatic hydroxyl groups is 5. The van der Waals surface area contributed by atoms with E-state index in [0.717, 1.165) is 95.5 Å². The van der Waals surface area contributed by atoms with Gasteiger partial charge in [0, 0.05) is 0 Å². The number of rotatable bonds is 33. The van der Waals surface area contributed by atoms with Crippen molar-refractivity contribution in [3.8, 4) is 0 Å². The largest absolute Gasteiger partial charge is 0.472 e. The molecule has 1 aliphatic rings. The van der Waals surface area contributed by atoms with Crippen molar-refractivity contribution in [3.05, 3.63) is 105 Å². The summed E-state index contributed by atoms with van der Waals surface area (Å²) >= 11 is 0. The molecule has 11 nitrogen and oxygen atoms in total. The summed E-state index contributed by atoms with van der Waals surface area (Å²) in [6.45, 7) is 23.7. The summed E-state index contributed by atoms with van der Waals surface area (Å²) in [5.41, 5.74) is 12.1. The van der Waals surface area contributed by atoms with Gasteiger partial charge in [0.05, 0.1) is 26.4 Å². The first-order valence-electron chi connectivity index (χ1n) is 24.2. The molecule has 1 fully saturated rings. The molecule has 1 aliphatic carbocycles. The highest BCUT2D eigenvalue weighted by atomic mass is 31.2. The van der Waals surface area contributed by atoms with Crippen molar-refractivity contribution in [3.63, 3.8) is 0 Å². The summed E-state index contributed by atoms with van der Waals surface area (Å²) in [6.07, 6.45) is 22.1. The Morgan fingerprint density at radius 2 is 0.742 bits per heavy atom. The Hall–Kier alpha value is -2.51. The van der Waals surface area contributed by atoms with Crippen LogP contribution in [0.3, 0.4) is 0 Å². The maximum absolute atomic E-state index is 13.0. The first kappa shape index (κ1) is 61.5. The number of hydrogen-bond donors (Lipinski definition) is 6. The molecule has 8 atom stereocenters. The number of ether oxygens (including phenoxy) is 2. The minimum atomic E-state index is -4.97. The lowest BCUT2D eigenvalue weighted by molar-refractivity contribution is -0.220. The van der Waals surface area contributed by atoms with Gasteiger partial charge < -0.3 is 39.9 Å². The molecule has 378 valence electrons. The van der Waals surface area contributed by atoms with Crippen LogP contribution in [0.1, 0.15) is 166 Å². The smallest absolute Gasteiger partial charge is 0.387 e. The standard InChI is InChI=1S/C54H91O11P/c1-39(2)19-12-21-41(5)23-14-25-43(7)27-16-28-44(8)29-17-31-46(10)33-35-62-37-48(38-64-66(60,61)65-54-52(58)50(56)49(55)51(57)53(54)59)63-36-34-47(11)32-18-30-45(9)26-15-24-42(6)22-13-20-40(3)4/h19-20,23-24,27,29-30,33-34,48-59H,12-18,21-22,25-26,28,31-32,35-38H2,1-11H3,(H,60,61)/b41-23+,42-24+,43-27+,44-29+,45-30+,46-33+,47-34+/t48?,49?,50-,51+,52-,53-,54?/m1/s1. The van der Waals surface area contributed by atoms with E-state index in [1.54, 1.807) is 0 Å². The van der Waals surface area contributed by atoms with Gasteiger partial charge in [-0.15, -0.1) is 0 Å². The van der Waals surface area contributed by atoms with Crippen LogP contribution in [-0.2, 0) is 23.1 Å². The van der Waals surface area contributed by atoms with Crippen LogP contribution in [0.5, 0.6) is 0 Å². The van der Waals surface area contributed by atoms with Crippen LogP contribution in [0, 0.1) is 0 Å². The molecule has 0 spiro atoms. The number of phosphoric acid groups is 1. The molecular weight excluding hydrogens is 856 g/mol. The minimum absolute atomic E-state index is 0.0257. The van der Waals surface area contributed by atoms with E-state index in [9.17, 15) is 35.0 Å². The zero-order valence-electron chi connectivity index (χ0n) is 42.6. The van der Waals surface area contributed by atoms with Gasteiger partial charge in [0.1, 0.15) is 42.7 Å². The Labute approximate surface area is 400 Å². The van der Waals surface area contributed by atoms with Gasteiger partial charge in [-0.05, 0) is 166 Å². The van der Waals surface area contributed by atoms with Gasteiger partial charge in [0.15, 0.2) is 0 Å². The molecule has 0 aromatic rings. The van der Waals surface area contributed by atoms with Crippen molar-refractivity contribution in [1.82, 2.24) is 0 Å². The first-order chi connectivity index (χ1) is 31.1. The molecule has 0 bridgehead atoms. The molecule has 66 heavy (non-hydrogen) atoms. The molecular formula is C54H91O11P. The molecule has 0 aliphatic heterocycles. The molecule has 0 radical (unpaired) electrons. The molecule has 1 saturated carbocycles. The van der Waals surface area contributed by atoms with Crippen molar-refractivity contribution < 1.29 is 53.5 Å². The lowest BCUT2D eigenvalue weighted by Gasteiger charge is -2.41. The van der Waals surface area contributed by atoms with E-state index in [0.29, 0.717) is 6.61 Å². The van der Waals surface area contributed by atoms with Crippen LogP contribution in [0.4, 0.5) is 0 Å². The van der Waals surface area contributed by atoms with Gasteiger partial charge in [0.25, 0.3) is 0 Å². The highest BCUT2D eigenvalue weighted by Crippen LogP contribution is 2.47. The fourth-order valence-electron chi connectivity index (χ4n) is 7.18. The Morgan fingerprint density at radius 1 is 0.439 bits per heavy atom. The highest BCUT2D eigenvalue weighted by molar-refractivity contribution is 7.47. The normalized spacial score (nSPS) is 23.2. The van der Waals surface area contributed by atoms with Crippen LogP contribution >= 0.6 is 7.82 Å². The van der Waals surface area contributed by atoms with Gasteiger partial charge in [-0.25, -0.2) is 4.57 Å². The molecule has 0 aromatic carbocycles. The predicted octanol–water partition coefficient (Wildman–Crippen LogP) is 11.7. The van der Waals surface area contributed by atoms with Crippen LogP contribution in [-0.4, -0.2) is 99.6 Å². The third kappa shape index (κ3) is 29.4. The monoisotopic (exact) mass is 947 g/mol. The second-order valence-corrected chi connectivity index (χ2v) is 20.4. The topological polar surface area (TPSA) is 175 Å². The minimum Gasteiger partial charge on any atom is -0.387 e. The Bertz CT molecular complexity index is 1710. The van der Waals surface area contributed by atoms with E-state index in [1.165, 1.54) is 44.6 Å². The maximum atomic E-state index is 13.0. The van der Waals surface area contributed by atoms with E-state index in [-0.39, 0.29) is 13.2 Å². The van der Waals surface area contributed by atoms with Crippen LogP contribution in [0.25, 0.3) is 0 Å². The average Bonchev–Trinajstić information content (AvgIpc) is 3.23. The molecule has 0 aromatic heterocycles. The fourth-order valence-corrected chi connectivity index (χ4v) is 8.15. The van der Waals surface area contributed by atoms with Crippen molar-refractivity contribution in [1.29, 1.82) is 0 Å². The van der Waals surface area contributed by atoms with Crippen LogP contribution in [0.15, 0.2) is 105 Å². The van der Waals surface area contributed by atoms with Crippen molar-refractivity contribution in [2.75, 3.05) is 26.4 Å². The zero-order valence-corrected chi connectivity index (χ0v) is 43.5. The number of hydrogen-bond acceptors (Lipinski definition) is 10. The fraction of sp³-hybridized carbons (Fsp3) is 0.667. The lowest BCUT2D eigenvalue weighted by atomic mass is 9.85. The number of phosphoric ester groups is 1. The summed E-state index contributed by atoms with van der Waals surface area (Å²) < 4.78 is 35.2. The lowest BCUT2D eigenvalue weighted by Crippen LogP contribution is -2.64. The maximum Gasteiger partial charge on any atom is 0.472 e. The number of aliphatic hydroxyl groups excluding tert-OH is 5. The van der Waals surface area contributed by atoms with Crippen LogP contribution in [0.2, 0.25) is 0 Å². The molecule has 0 amide bonds. The Morgan fingerprint density at radius 3 is 1.09 bits per heavy atom. The zero-order chi connectivity index (χ0) is 49.7. The van der Waals surface area contributed by atoms with Gasteiger partial charge in [-0.1, -0.05) is 105 Å². The van der Waals surface area contributed by atoms with Crippen molar-refractivity contribution in [2.24, 2.45) is 0 Å². The SMILES string of the molecule is CC(C)=CCC/C(C)=C/CC/C(C)=C/CC/C(C)=C/CC/C(C)=C/COCC(COP(=O)(O)OC1[C@H](O)[C@H](O)C(O)[C@H](O)[C@H]1O)OC/C=C(\C)CC/C=C(\C)CC/C=C(\C)CCC=C(C)C. The summed E-state index contributed by atoms with van der Waals surface area (Å²) in [7, 11) is -4.97.